The molecular weight excluding hydrogens is 536 g/mol. The van der Waals surface area contributed by atoms with Crippen LogP contribution in [0.3, 0.4) is 0 Å². The summed E-state index contributed by atoms with van der Waals surface area (Å²) in [6, 6.07) is 55.2. The number of fused-ring (bicyclic) bond motifs is 9. The van der Waals surface area contributed by atoms with Crippen LogP contribution >= 0.6 is 0 Å². The number of ether oxygens (including phenoxy) is 1. The normalized spacial score (nSPS) is 13.4. The number of para-hydroxylation sites is 2. The van der Waals surface area contributed by atoms with E-state index in [2.05, 4.69) is 133 Å². The molecule has 0 saturated carbocycles. The van der Waals surface area contributed by atoms with Crippen LogP contribution in [0.15, 0.2) is 158 Å². The van der Waals surface area contributed by atoms with Gasteiger partial charge < -0.3 is 4.74 Å². The maximum atomic E-state index is 6.48. The zero-order valence-electron chi connectivity index (χ0n) is 23.8. The number of benzene rings is 6. The van der Waals surface area contributed by atoms with Crippen molar-refractivity contribution in [3.05, 3.63) is 180 Å². The van der Waals surface area contributed by atoms with Crippen LogP contribution in [0.2, 0.25) is 0 Å². The molecule has 1 aliphatic heterocycles. The Morgan fingerprint density at radius 3 is 1.50 bits per heavy atom. The maximum absolute atomic E-state index is 6.48. The highest BCUT2D eigenvalue weighted by Crippen LogP contribution is 2.62. The van der Waals surface area contributed by atoms with Crippen molar-refractivity contribution in [3.63, 3.8) is 0 Å². The van der Waals surface area contributed by atoms with Gasteiger partial charge in [0.2, 0.25) is 0 Å². The van der Waals surface area contributed by atoms with Gasteiger partial charge in [-0.15, -0.1) is 0 Å². The summed E-state index contributed by atoms with van der Waals surface area (Å²) in [5.41, 5.74) is 11.7. The largest absolute Gasteiger partial charge is 0.457 e. The molecular formula is C41H26N2O. The van der Waals surface area contributed by atoms with Gasteiger partial charge in [-0.1, -0.05) is 133 Å². The fraction of sp³-hybridized carbons (Fsp3) is 0.0244. The van der Waals surface area contributed by atoms with E-state index in [0.717, 1.165) is 50.7 Å². The molecule has 1 aliphatic carbocycles. The third kappa shape index (κ3) is 3.56. The lowest BCUT2D eigenvalue weighted by molar-refractivity contribution is 0.436. The second-order valence-corrected chi connectivity index (χ2v) is 11.3. The van der Waals surface area contributed by atoms with Crippen molar-refractivity contribution in [2.75, 3.05) is 0 Å². The highest BCUT2D eigenvalue weighted by atomic mass is 16.5. The average molecular weight is 563 g/mol. The van der Waals surface area contributed by atoms with E-state index in [-0.39, 0.29) is 0 Å². The summed E-state index contributed by atoms with van der Waals surface area (Å²) in [7, 11) is 0. The smallest absolute Gasteiger partial charge is 0.160 e. The molecule has 1 spiro atoms. The van der Waals surface area contributed by atoms with E-state index in [0.29, 0.717) is 5.82 Å². The SMILES string of the molecule is c1ccc(-c2cc(-c3ccccc3)nc(-c3ccc4c(c3)-c3ccccc3C43c4ccccc4Oc4ccccc43)n2)cc1. The molecule has 0 atom stereocenters. The molecule has 44 heavy (non-hydrogen) atoms. The Morgan fingerprint density at radius 1 is 0.386 bits per heavy atom. The van der Waals surface area contributed by atoms with E-state index in [4.69, 9.17) is 14.7 Å². The van der Waals surface area contributed by atoms with Crippen LogP contribution in [-0.4, -0.2) is 9.97 Å². The third-order valence-electron chi connectivity index (χ3n) is 8.97. The molecule has 6 aromatic carbocycles. The zero-order chi connectivity index (χ0) is 29.1. The van der Waals surface area contributed by atoms with E-state index in [1.807, 2.05) is 24.3 Å². The molecule has 0 amide bonds. The van der Waals surface area contributed by atoms with Gasteiger partial charge in [0, 0.05) is 27.8 Å². The number of nitrogens with zero attached hydrogens (tertiary/aromatic N) is 2. The molecule has 0 unspecified atom stereocenters. The Kier molecular flexibility index (Phi) is 5.41. The number of aromatic nitrogens is 2. The van der Waals surface area contributed by atoms with Crippen molar-refractivity contribution in [2.24, 2.45) is 0 Å². The van der Waals surface area contributed by atoms with Gasteiger partial charge in [-0.2, -0.15) is 0 Å². The topological polar surface area (TPSA) is 35.0 Å². The van der Waals surface area contributed by atoms with Crippen LogP contribution in [0.1, 0.15) is 22.3 Å². The molecule has 0 N–H and O–H groups in total. The van der Waals surface area contributed by atoms with Gasteiger partial charge in [-0.25, -0.2) is 9.97 Å². The highest BCUT2D eigenvalue weighted by Gasteiger charge is 2.50. The van der Waals surface area contributed by atoms with Gasteiger partial charge in [0.1, 0.15) is 11.5 Å². The quantitative estimate of drug-likeness (QED) is 0.215. The average Bonchev–Trinajstić information content (AvgIpc) is 3.39. The van der Waals surface area contributed by atoms with Crippen molar-refractivity contribution >= 4 is 0 Å². The molecule has 206 valence electrons. The van der Waals surface area contributed by atoms with E-state index in [9.17, 15) is 0 Å². The predicted octanol–water partition coefficient (Wildman–Crippen LogP) is 9.95. The van der Waals surface area contributed by atoms with Gasteiger partial charge in [0.25, 0.3) is 0 Å². The van der Waals surface area contributed by atoms with Crippen LogP contribution in [0.4, 0.5) is 0 Å². The van der Waals surface area contributed by atoms with E-state index >= 15 is 0 Å². The molecule has 3 heteroatoms. The first kappa shape index (κ1) is 24.8. The second kappa shape index (κ2) is 9.62. The van der Waals surface area contributed by atoms with Crippen LogP contribution < -0.4 is 4.74 Å². The third-order valence-corrected chi connectivity index (χ3v) is 8.97. The van der Waals surface area contributed by atoms with Gasteiger partial charge in [-0.3, -0.25) is 0 Å². The van der Waals surface area contributed by atoms with E-state index in [1.54, 1.807) is 0 Å². The Balaban J connectivity index is 1.30. The van der Waals surface area contributed by atoms with Crippen LogP contribution in [0.25, 0.3) is 45.0 Å². The Morgan fingerprint density at radius 2 is 0.886 bits per heavy atom. The van der Waals surface area contributed by atoms with Gasteiger partial charge >= 0.3 is 0 Å². The number of rotatable bonds is 3. The Hall–Kier alpha value is -5.80. The van der Waals surface area contributed by atoms with Gasteiger partial charge in [0.15, 0.2) is 5.82 Å². The maximum Gasteiger partial charge on any atom is 0.160 e. The summed E-state index contributed by atoms with van der Waals surface area (Å²) in [4.78, 5) is 10.3. The summed E-state index contributed by atoms with van der Waals surface area (Å²) >= 11 is 0. The number of hydrogen-bond donors (Lipinski definition) is 0. The highest BCUT2D eigenvalue weighted by molar-refractivity contribution is 5.90. The van der Waals surface area contributed by atoms with Crippen molar-refractivity contribution < 1.29 is 4.74 Å². The fourth-order valence-electron chi connectivity index (χ4n) is 7.09. The zero-order valence-corrected chi connectivity index (χ0v) is 23.8. The lowest BCUT2D eigenvalue weighted by atomic mass is 9.66. The monoisotopic (exact) mass is 562 g/mol. The lowest BCUT2D eigenvalue weighted by Crippen LogP contribution is -2.32. The second-order valence-electron chi connectivity index (χ2n) is 11.3. The first-order valence-corrected chi connectivity index (χ1v) is 14.9. The summed E-state index contributed by atoms with van der Waals surface area (Å²) < 4.78 is 6.48. The first-order chi connectivity index (χ1) is 21.8. The molecule has 0 fully saturated rings. The van der Waals surface area contributed by atoms with Crippen molar-refractivity contribution in [2.45, 2.75) is 5.41 Å². The standard InChI is InChI=1S/C41H26N2O/c1-3-13-27(14-4-1)36-26-37(28-15-5-2-6-16-28)43-40(42-36)29-23-24-33-31(25-29)30-17-7-8-18-32(30)41(33)34-19-9-11-21-38(34)44-39-22-12-10-20-35(39)41/h1-26H. The Bertz CT molecular complexity index is 2100. The minimum absolute atomic E-state index is 0.488. The molecule has 7 aromatic rings. The fourth-order valence-corrected chi connectivity index (χ4v) is 7.09. The molecule has 1 aromatic heterocycles. The first-order valence-electron chi connectivity index (χ1n) is 14.9. The minimum atomic E-state index is -0.488. The van der Waals surface area contributed by atoms with Crippen LogP contribution in [0.5, 0.6) is 11.5 Å². The van der Waals surface area contributed by atoms with Crippen molar-refractivity contribution in [1.29, 1.82) is 0 Å². The van der Waals surface area contributed by atoms with E-state index in [1.165, 1.54) is 22.3 Å². The lowest BCUT2D eigenvalue weighted by Gasteiger charge is -2.39. The molecule has 3 nitrogen and oxygen atoms in total. The van der Waals surface area contributed by atoms with Crippen LogP contribution in [0, 0.1) is 0 Å². The van der Waals surface area contributed by atoms with E-state index < -0.39 is 5.41 Å². The molecule has 2 heterocycles. The predicted molar refractivity (Wildman–Crippen MR) is 176 cm³/mol. The van der Waals surface area contributed by atoms with Gasteiger partial charge in [-0.05, 0) is 46.5 Å². The van der Waals surface area contributed by atoms with Crippen LogP contribution in [-0.2, 0) is 5.41 Å². The summed E-state index contributed by atoms with van der Waals surface area (Å²) in [5, 5.41) is 0. The summed E-state index contributed by atoms with van der Waals surface area (Å²) in [5.74, 6) is 2.49. The molecule has 0 saturated heterocycles. The Labute approximate surface area is 256 Å². The molecule has 0 bridgehead atoms. The van der Waals surface area contributed by atoms with Crippen molar-refractivity contribution in [1.82, 2.24) is 9.97 Å². The van der Waals surface area contributed by atoms with Gasteiger partial charge in [0.05, 0.1) is 16.8 Å². The molecule has 2 aliphatic rings. The molecule has 0 radical (unpaired) electrons. The summed E-state index contributed by atoms with van der Waals surface area (Å²) in [6.45, 7) is 0. The minimum Gasteiger partial charge on any atom is -0.457 e. The van der Waals surface area contributed by atoms with Crippen molar-refractivity contribution in [3.8, 4) is 56.5 Å². The number of hydrogen-bond acceptors (Lipinski definition) is 3. The molecule has 9 rings (SSSR count). The summed E-state index contributed by atoms with van der Waals surface area (Å²) in [6.07, 6.45) is 0.